The number of nitrogens with one attached hydrogen (secondary N) is 1. The van der Waals surface area contributed by atoms with Crippen molar-refractivity contribution in [3.8, 4) is 5.75 Å². The van der Waals surface area contributed by atoms with E-state index in [9.17, 15) is 9.18 Å². The second kappa shape index (κ2) is 8.32. The fourth-order valence-electron chi connectivity index (χ4n) is 1.61. The van der Waals surface area contributed by atoms with Crippen molar-refractivity contribution in [3.63, 3.8) is 0 Å². The maximum atomic E-state index is 13.2. The number of hydrogen-bond acceptors (Lipinski definition) is 3. The van der Waals surface area contributed by atoms with Crippen LogP contribution in [-0.4, -0.2) is 31.3 Å². The predicted octanol–water partition coefficient (Wildman–Crippen LogP) is 1.98. The van der Waals surface area contributed by atoms with E-state index in [1.807, 2.05) is 6.92 Å². The molecule has 0 aromatic heterocycles. The maximum Gasteiger partial charge on any atom is 0.244 e. The van der Waals surface area contributed by atoms with Gasteiger partial charge in [-0.25, -0.2) is 4.39 Å². The highest BCUT2D eigenvalue weighted by Gasteiger charge is 2.04. The van der Waals surface area contributed by atoms with Gasteiger partial charge >= 0.3 is 0 Å². The van der Waals surface area contributed by atoms with Gasteiger partial charge in [-0.1, -0.05) is 13.0 Å². The third-order valence-electron chi connectivity index (χ3n) is 2.85. The minimum absolute atomic E-state index is 0.113. The summed E-state index contributed by atoms with van der Waals surface area (Å²) in [5, 5.41) is 11.5. The number of carbonyl (C=O) groups is 1. The van der Waals surface area contributed by atoms with Gasteiger partial charge in [0.1, 0.15) is 0 Å². The van der Waals surface area contributed by atoms with Crippen molar-refractivity contribution < 1.29 is 19.0 Å². The van der Waals surface area contributed by atoms with E-state index in [0.29, 0.717) is 18.5 Å². The Morgan fingerprint density at radius 3 is 2.95 bits per heavy atom. The van der Waals surface area contributed by atoms with Crippen LogP contribution in [0.25, 0.3) is 6.08 Å². The van der Waals surface area contributed by atoms with E-state index in [-0.39, 0.29) is 24.2 Å². The van der Waals surface area contributed by atoms with E-state index in [4.69, 9.17) is 9.84 Å². The first-order chi connectivity index (χ1) is 9.56. The number of methoxy groups -OCH3 is 1. The molecule has 0 aliphatic carbocycles. The van der Waals surface area contributed by atoms with Gasteiger partial charge < -0.3 is 15.2 Å². The van der Waals surface area contributed by atoms with Crippen LogP contribution in [0.1, 0.15) is 18.9 Å². The van der Waals surface area contributed by atoms with Crippen LogP contribution in [0.4, 0.5) is 4.39 Å². The molecule has 1 atom stereocenters. The molecule has 0 fully saturated rings. The maximum absolute atomic E-state index is 13.2. The Labute approximate surface area is 118 Å². The molecule has 0 heterocycles. The summed E-state index contributed by atoms with van der Waals surface area (Å²) < 4.78 is 18.1. The van der Waals surface area contributed by atoms with Crippen molar-refractivity contribution in [1.29, 1.82) is 0 Å². The number of rotatable bonds is 7. The van der Waals surface area contributed by atoms with E-state index in [1.165, 1.54) is 25.3 Å². The molecule has 0 saturated heterocycles. The molecule has 0 aliphatic rings. The Morgan fingerprint density at radius 2 is 2.30 bits per heavy atom. The van der Waals surface area contributed by atoms with Crippen LogP contribution in [0.2, 0.25) is 0 Å². The summed E-state index contributed by atoms with van der Waals surface area (Å²) in [5.41, 5.74) is 0.682. The van der Waals surface area contributed by atoms with Crippen LogP contribution >= 0.6 is 0 Å². The lowest BCUT2D eigenvalue weighted by Crippen LogP contribution is -2.26. The molecule has 2 N–H and O–H groups in total. The first kappa shape index (κ1) is 16.2. The van der Waals surface area contributed by atoms with E-state index in [1.54, 1.807) is 12.1 Å². The fourth-order valence-corrected chi connectivity index (χ4v) is 1.61. The second-order valence-electron chi connectivity index (χ2n) is 4.59. The molecule has 0 saturated carbocycles. The number of hydrogen-bond donors (Lipinski definition) is 2. The lowest BCUT2D eigenvalue weighted by atomic mass is 10.1. The topological polar surface area (TPSA) is 58.6 Å². The minimum atomic E-state index is -0.438. The summed E-state index contributed by atoms with van der Waals surface area (Å²) >= 11 is 0. The number of ether oxygens (including phenoxy) is 1. The largest absolute Gasteiger partial charge is 0.494 e. The van der Waals surface area contributed by atoms with Crippen LogP contribution in [-0.2, 0) is 4.79 Å². The number of carbonyl (C=O) groups excluding carboxylic acids is 1. The summed E-state index contributed by atoms with van der Waals surface area (Å²) in [6, 6.07) is 4.38. The van der Waals surface area contributed by atoms with Gasteiger partial charge in [-0.05, 0) is 36.1 Å². The molecule has 1 rings (SSSR count). The van der Waals surface area contributed by atoms with Gasteiger partial charge in [-0.2, -0.15) is 0 Å². The number of halogens is 1. The van der Waals surface area contributed by atoms with Crippen molar-refractivity contribution in [2.24, 2.45) is 5.92 Å². The molecule has 0 radical (unpaired) electrons. The van der Waals surface area contributed by atoms with Crippen molar-refractivity contribution in [1.82, 2.24) is 5.32 Å². The van der Waals surface area contributed by atoms with Gasteiger partial charge in [0, 0.05) is 19.2 Å². The highest BCUT2D eigenvalue weighted by atomic mass is 19.1. The van der Waals surface area contributed by atoms with Crippen molar-refractivity contribution in [2.75, 3.05) is 20.3 Å². The molecule has 1 aromatic carbocycles. The number of amides is 1. The molecule has 1 unspecified atom stereocenters. The smallest absolute Gasteiger partial charge is 0.244 e. The van der Waals surface area contributed by atoms with Crippen molar-refractivity contribution in [2.45, 2.75) is 13.3 Å². The van der Waals surface area contributed by atoms with E-state index >= 15 is 0 Å². The molecular formula is C15H20FNO3. The average Bonchev–Trinajstić information content (AvgIpc) is 2.44. The molecule has 110 valence electrons. The zero-order valence-electron chi connectivity index (χ0n) is 11.7. The SMILES string of the molecule is COc1cc(/C=C/C(=O)NCC(C)CCO)ccc1F. The fraction of sp³-hybridized carbons (Fsp3) is 0.400. The Morgan fingerprint density at radius 1 is 1.55 bits per heavy atom. The predicted molar refractivity (Wildman–Crippen MR) is 75.9 cm³/mol. The molecule has 0 aliphatic heterocycles. The van der Waals surface area contributed by atoms with Crippen LogP contribution in [0.3, 0.4) is 0 Å². The number of benzene rings is 1. The molecule has 4 nitrogen and oxygen atoms in total. The summed E-state index contributed by atoms with van der Waals surface area (Å²) in [6.07, 6.45) is 3.63. The van der Waals surface area contributed by atoms with Crippen LogP contribution in [0.5, 0.6) is 5.75 Å². The lowest BCUT2D eigenvalue weighted by Gasteiger charge is -2.09. The van der Waals surface area contributed by atoms with Gasteiger partial charge in [0.25, 0.3) is 0 Å². The first-order valence-electron chi connectivity index (χ1n) is 6.47. The summed E-state index contributed by atoms with van der Waals surface area (Å²) in [5.74, 6) is -0.294. The average molecular weight is 281 g/mol. The van der Waals surface area contributed by atoms with Gasteiger partial charge in [0.15, 0.2) is 11.6 Å². The van der Waals surface area contributed by atoms with Crippen molar-refractivity contribution in [3.05, 3.63) is 35.7 Å². The summed E-state index contributed by atoms with van der Waals surface area (Å²) in [4.78, 5) is 11.6. The number of aliphatic hydroxyl groups excluding tert-OH is 1. The van der Waals surface area contributed by atoms with Gasteiger partial charge in [-0.15, -0.1) is 0 Å². The standard InChI is InChI=1S/C15H20FNO3/c1-11(7-8-18)10-17-15(19)6-4-12-3-5-13(16)14(9-12)20-2/h3-6,9,11,18H,7-8,10H2,1-2H3,(H,17,19)/b6-4+. The zero-order valence-corrected chi connectivity index (χ0v) is 11.7. The minimum Gasteiger partial charge on any atom is -0.494 e. The molecule has 20 heavy (non-hydrogen) atoms. The van der Waals surface area contributed by atoms with E-state index < -0.39 is 5.82 Å². The highest BCUT2D eigenvalue weighted by Crippen LogP contribution is 2.18. The molecule has 1 aromatic rings. The van der Waals surface area contributed by atoms with Gasteiger partial charge in [-0.3, -0.25) is 4.79 Å². The second-order valence-corrected chi connectivity index (χ2v) is 4.59. The van der Waals surface area contributed by atoms with Crippen molar-refractivity contribution >= 4 is 12.0 Å². The Hall–Kier alpha value is -1.88. The van der Waals surface area contributed by atoms with Gasteiger partial charge in [0.2, 0.25) is 5.91 Å². The summed E-state index contributed by atoms with van der Waals surface area (Å²) in [6.45, 7) is 2.57. The Balaban J connectivity index is 2.53. The van der Waals surface area contributed by atoms with Gasteiger partial charge in [0.05, 0.1) is 7.11 Å². The molecule has 0 spiro atoms. The van der Waals surface area contributed by atoms with E-state index in [0.717, 1.165) is 0 Å². The normalized spacial score (nSPS) is 12.4. The third kappa shape index (κ3) is 5.40. The third-order valence-corrected chi connectivity index (χ3v) is 2.85. The molecular weight excluding hydrogens is 261 g/mol. The molecule has 5 heteroatoms. The van der Waals surface area contributed by atoms with Crippen LogP contribution in [0.15, 0.2) is 24.3 Å². The number of aliphatic hydroxyl groups is 1. The Bertz CT molecular complexity index is 474. The van der Waals surface area contributed by atoms with E-state index in [2.05, 4.69) is 5.32 Å². The summed E-state index contributed by atoms with van der Waals surface area (Å²) in [7, 11) is 1.39. The monoisotopic (exact) mass is 281 g/mol. The van der Waals surface area contributed by atoms with Crippen LogP contribution in [0, 0.1) is 11.7 Å². The molecule has 0 bridgehead atoms. The Kier molecular flexibility index (Phi) is 6.73. The van der Waals surface area contributed by atoms with Crippen LogP contribution < -0.4 is 10.1 Å². The quantitative estimate of drug-likeness (QED) is 0.751. The molecule has 1 amide bonds. The lowest BCUT2D eigenvalue weighted by molar-refractivity contribution is -0.116. The highest BCUT2D eigenvalue weighted by molar-refractivity contribution is 5.91. The first-order valence-corrected chi connectivity index (χ1v) is 6.47. The zero-order chi connectivity index (χ0) is 15.0.